The zero-order valence-corrected chi connectivity index (χ0v) is 34.0. The second-order valence-electron chi connectivity index (χ2n) is 15.4. The third kappa shape index (κ3) is 5.64. The van der Waals surface area contributed by atoms with E-state index in [9.17, 15) is 0 Å². The van der Waals surface area contributed by atoms with E-state index in [0.717, 1.165) is 49.8 Å². The summed E-state index contributed by atoms with van der Waals surface area (Å²) in [5, 5.41) is 4.84. The van der Waals surface area contributed by atoms with Crippen LogP contribution in [0.15, 0.2) is 126 Å². The molecule has 0 aliphatic carbocycles. The molecule has 3 aromatic heterocycles. The number of benzene rings is 7. The largest absolute Gasteiger partial charge is 0.455 e. The van der Waals surface area contributed by atoms with Crippen LogP contribution in [0.5, 0.6) is 0 Å². The second-order valence-corrected chi connectivity index (χ2v) is 16.4. The molecule has 0 aliphatic rings. The zero-order chi connectivity index (χ0) is 39.1. The minimum atomic E-state index is 0.572. The van der Waals surface area contributed by atoms with Gasteiger partial charge in [-0.2, -0.15) is 0 Å². The van der Waals surface area contributed by atoms with Crippen molar-refractivity contribution >= 4 is 147 Å². The molecule has 0 bridgehead atoms. The van der Waals surface area contributed by atoms with E-state index in [1.54, 1.807) is 0 Å². The Kier molecular flexibility index (Phi) is 8.46. The van der Waals surface area contributed by atoms with Gasteiger partial charge in [-0.15, -0.1) is 22.3 Å². The Labute approximate surface area is 342 Å². The normalized spacial score (nSPS) is 11.6. The Morgan fingerprint density at radius 2 is 0.947 bits per heavy atom. The Morgan fingerprint density at radius 1 is 0.404 bits per heavy atom. The van der Waals surface area contributed by atoms with Gasteiger partial charge in [-0.1, -0.05) is 130 Å². The van der Waals surface area contributed by atoms with E-state index in [4.69, 9.17) is 19.4 Å². The maximum Gasteiger partial charge on any atom is 0.167 e. The molecule has 0 amide bonds. The molecule has 10 rings (SSSR count). The number of nitrogens with zero attached hydrogens (tertiary/aromatic N) is 3. The van der Waals surface area contributed by atoms with Gasteiger partial charge in [0.1, 0.15) is 66.1 Å². The highest BCUT2D eigenvalue weighted by Crippen LogP contribution is 2.39. The predicted octanol–water partition coefficient (Wildman–Crippen LogP) is 0.283. The fourth-order valence-corrected chi connectivity index (χ4v) is 10.1. The fraction of sp³-hybridized carbons (Fsp3) is 0. The van der Waals surface area contributed by atoms with Gasteiger partial charge in [-0.05, 0) is 45.8 Å². The standard InChI is InChI=1S/C45H34B7N3OS/c46-33-30(31-32-34(47)35(48)37(50)39(52)42(32)57-41(31)38(51)36(33)49)24-10-6-11-25(20-24)44-53-43(23-18-16-22(17-19-23)21-8-2-1-3-9-21)54-45(55-44)28-14-7-13-27-26-12-4-5-15-29(26)56-40(27)28/h1-20H,46-52H2. The maximum atomic E-state index is 6.51. The molecule has 10 aromatic rings. The molecule has 0 fully saturated rings. The van der Waals surface area contributed by atoms with Crippen LogP contribution in [0.3, 0.4) is 0 Å². The molecule has 0 saturated heterocycles. The van der Waals surface area contributed by atoms with Crippen LogP contribution in [-0.4, -0.2) is 69.9 Å². The van der Waals surface area contributed by atoms with Gasteiger partial charge in [0.2, 0.25) is 0 Å². The van der Waals surface area contributed by atoms with Crippen LogP contribution in [-0.2, 0) is 0 Å². The van der Waals surface area contributed by atoms with Gasteiger partial charge in [-0.25, -0.2) is 15.0 Å². The lowest BCUT2D eigenvalue weighted by molar-refractivity contribution is 0.669. The van der Waals surface area contributed by atoms with Crippen molar-refractivity contribution in [1.82, 2.24) is 15.0 Å². The molecule has 3 heterocycles. The van der Waals surface area contributed by atoms with Crippen LogP contribution < -0.4 is 38.2 Å². The van der Waals surface area contributed by atoms with E-state index in [0.29, 0.717) is 17.5 Å². The van der Waals surface area contributed by atoms with E-state index in [1.165, 1.54) is 69.5 Å². The predicted molar refractivity (Wildman–Crippen MR) is 264 cm³/mol. The molecule has 0 N–H and O–H groups in total. The van der Waals surface area contributed by atoms with Crippen molar-refractivity contribution in [1.29, 1.82) is 0 Å². The molecule has 0 radical (unpaired) electrons. The van der Waals surface area contributed by atoms with Crippen molar-refractivity contribution in [3.8, 4) is 56.4 Å². The number of fused-ring (bicyclic) bond motifs is 6. The van der Waals surface area contributed by atoms with E-state index < -0.39 is 0 Å². The van der Waals surface area contributed by atoms with Gasteiger partial charge < -0.3 is 4.42 Å². The van der Waals surface area contributed by atoms with Crippen molar-refractivity contribution in [3.63, 3.8) is 0 Å². The number of thiophene rings is 1. The third-order valence-electron chi connectivity index (χ3n) is 12.3. The quantitative estimate of drug-likeness (QED) is 0.239. The topological polar surface area (TPSA) is 51.8 Å². The third-order valence-corrected chi connectivity index (χ3v) is 13.8. The first-order valence-electron chi connectivity index (χ1n) is 19.5. The Hall–Kier alpha value is -5.98. The highest BCUT2D eigenvalue weighted by Gasteiger charge is 2.23. The van der Waals surface area contributed by atoms with Crippen LogP contribution in [0.2, 0.25) is 0 Å². The monoisotopic (exact) mass is 741 g/mol. The summed E-state index contributed by atoms with van der Waals surface area (Å²) in [5.41, 5.74) is 18.5. The fourth-order valence-electron chi connectivity index (χ4n) is 8.60. The molecule has 0 unspecified atom stereocenters. The van der Waals surface area contributed by atoms with Crippen LogP contribution >= 0.6 is 11.3 Å². The van der Waals surface area contributed by atoms with E-state index in [1.807, 2.05) is 41.7 Å². The maximum absolute atomic E-state index is 6.51. The summed E-state index contributed by atoms with van der Waals surface area (Å²) in [5.74, 6) is 1.80. The van der Waals surface area contributed by atoms with Crippen molar-refractivity contribution in [3.05, 3.63) is 121 Å². The van der Waals surface area contributed by atoms with Gasteiger partial charge in [0.05, 0.1) is 5.56 Å². The number of aromatic nitrogens is 3. The lowest BCUT2D eigenvalue weighted by atomic mass is 9.64. The molecule has 262 valence electrons. The summed E-state index contributed by atoms with van der Waals surface area (Å²) in [6.07, 6.45) is 0. The van der Waals surface area contributed by atoms with Crippen LogP contribution in [0.4, 0.5) is 0 Å². The number of hydrogen-bond acceptors (Lipinski definition) is 5. The van der Waals surface area contributed by atoms with Crippen LogP contribution in [0, 0.1) is 0 Å². The summed E-state index contributed by atoms with van der Waals surface area (Å²) in [7, 11) is 15.9. The van der Waals surface area contributed by atoms with Crippen LogP contribution in [0.1, 0.15) is 0 Å². The minimum absolute atomic E-state index is 0.572. The van der Waals surface area contributed by atoms with Crippen LogP contribution in [0.25, 0.3) is 98.5 Å². The number of rotatable bonds is 5. The lowest BCUT2D eigenvalue weighted by Gasteiger charge is -2.18. The molecule has 0 saturated carbocycles. The van der Waals surface area contributed by atoms with Gasteiger partial charge in [0.15, 0.2) is 17.5 Å². The van der Waals surface area contributed by atoms with Gasteiger partial charge in [-0.3, -0.25) is 0 Å². The Balaban J connectivity index is 1.20. The molecule has 0 atom stereocenters. The zero-order valence-electron chi connectivity index (χ0n) is 33.2. The molecule has 12 heteroatoms. The SMILES string of the molecule is Bc1c(B)c(B)c2c(sc3c(B)c(B)c(B)c(-c4cccc(-c5nc(-c6ccc(-c7ccccc7)cc6)nc(-c6cccc7c6oc6ccccc67)n5)c4)c32)c1B. The molecule has 0 aliphatic heterocycles. The first-order valence-corrected chi connectivity index (χ1v) is 20.3. The number of para-hydroxylation sites is 2. The summed E-state index contributed by atoms with van der Waals surface area (Å²) < 4.78 is 9.27. The van der Waals surface area contributed by atoms with Crippen molar-refractivity contribution in [2.75, 3.05) is 0 Å². The second kappa shape index (κ2) is 13.6. The van der Waals surface area contributed by atoms with E-state index in [2.05, 4.69) is 146 Å². The molecule has 4 nitrogen and oxygen atoms in total. The summed E-state index contributed by atoms with van der Waals surface area (Å²) in [4.78, 5) is 15.6. The van der Waals surface area contributed by atoms with Crippen molar-refractivity contribution in [2.45, 2.75) is 0 Å². The van der Waals surface area contributed by atoms with Gasteiger partial charge in [0.25, 0.3) is 0 Å². The first-order chi connectivity index (χ1) is 27.7. The van der Waals surface area contributed by atoms with Gasteiger partial charge >= 0.3 is 0 Å². The van der Waals surface area contributed by atoms with Gasteiger partial charge in [0, 0.05) is 36.7 Å². The Morgan fingerprint density at radius 3 is 1.72 bits per heavy atom. The van der Waals surface area contributed by atoms with E-state index in [-0.39, 0.29) is 0 Å². The molecule has 57 heavy (non-hydrogen) atoms. The lowest BCUT2D eigenvalue weighted by Crippen LogP contribution is -2.47. The average molecular weight is 741 g/mol. The summed E-state index contributed by atoms with van der Waals surface area (Å²) in [6, 6.07) is 42.1. The smallest absolute Gasteiger partial charge is 0.167 e. The molecule has 7 aromatic carbocycles. The molecular formula is C45H34B7N3OS. The highest BCUT2D eigenvalue weighted by molar-refractivity contribution is 7.28. The van der Waals surface area contributed by atoms with Crippen molar-refractivity contribution < 1.29 is 4.42 Å². The van der Waals surface area contributed by atoms with Crippen molar-refractivity contribution in [2.24, 2.45) is 0 Å². The Bertz CT molecular complexity index is 3270. The first kappa shape index (κ1) is 35.4. The minimum Gasteiger partial charge on any atom is -0.455 e. The average Bonchev–Trinajstić information content (AvgIpc) is 3.84. The summed E-state index contributed by atoms with van der Waals surface area (Å²) >= 11 is 1.94. The van der Waals surface area contributed by atoms with E-state index >= 15 is 0 Å². The highest BCUT2D eigenvalue weighted by atomic mass is 32.1. The molecule has 0 spiro atoms. The summed E-state index contributed by atoms with van der Waals surface area (Å²) in [6.45, 7) is 0. The number of furan rings is 1. The molecular weight excluding hydrogens is 706 g/mol. The number of hydrogen-bond donors (Lipinski definition) is 0.